The molecule has 1 fully saturated rings. The molecule has 92 valence electrons. The highest BCUT2D eigenvalue weighted by molar-refractivity contribution is 5.88. The summed E-state index contributed by atoms with van der Waals surface area (Å²) in [5.74, 6) is 1.14. The lowest BCUT2D eigenvalue weighted by molar-refractivity contribution is 0.0695. The summed E-state index contributed by atoms with van der Waals surface area (Å²) < 4.78 is 0. The molecule has 1 heterocycles. The molecule has 0 aliphatic heterocycles. The molecule has 0 bridgehead atoms. The third-order valence-electron chi connectivity index (χ3n) is 3.32. The topological polar surface area (TPSA) is 66.3 Å². The molecule has 1 saturated carbocycles. The van der Waals surface area contributed by atoms with Crippen LogP contribution in [-0.4, -0.2) is 34.6 Å². The maximum Gasteiger partial charge on any atom is 0.339 e. The molecule has 17 heavy (non-hydrogen) atoms. The first-order valence-corrected chi connectivity index (χ1v) is 5.77. The van der Waals surface area contributed by atoms with Gasteiger partial charge in [0.1, 0.15) is 0 Å². The fraction of sp³-hybridized carbons (Fsp3) is 0.583. The summed E-state index contributed by atoms with van der Waals surface area (Å²) in [7, 11) is 1.94. The average Bonchev–Trinajstić information content (AvgIpc) is 2.93. The van der Waals surface area contributed by atoms with Gasteiger partial charge in [-0.2, -0.15) is 0 Å². The molecular formula is C12H17N3O2. The summed E-state index contributed by atoms with van der Waals surface area (Å²) in [5.41, 5.74) is 0.681. The Labute approximate surface area is 100 Å². The van der Waals surface area contributed by atoms with Gasteiger partial charge < -0.3 is 10.0 Å². The monoisotopic (exact) mass is 235 g/mol. The molecule has 1 aromatic heterocycles. The van der Waals surface area contributed by atoms with Gasteiger partial charge in [-0.15, -0.1) is 0 Å². The van der Waals surface area contributed by atoms with Gasteiger partial charge in [0.15, 0.2) is 0 Å². The number of anilines is 1. The first-order valence-electron chi connectivity index (χ1n) is 5.77. The van der Waals surface area contributed by atoms with E-state index in [0.717, 1.165) is 18.4 Å². The van der Waals surface area contributed by atoms with E-state index in [0.29, 0.717) is 11.6 Å². The molecular weight excluding hydrogens is 218 g/mol. The van der Waals surface area contributed by atoms with Crippen molar-refractivity contribution in [2.24, 2.45) is 11.8 Å². The van der Waals surface area contributed by atoms with Gasteiger partial charge in [0, 0.05) is 19.8 Å². The Morgan fingerprint density at radius 3 is 2.76 bits per heavy atom. The van der Waals surface area contributed by atoms with E-state index in [2.05, 4.69) is 16.9 Å². The third-order valence-corrected chi connectivity index (χ3v) is 3.32. The average molecular weight is 235 g/mol. The maximum absolute atomic E-state index is 10.8. The van der Waals surface area contributed by atoms with Crippen LogP contribution in [0.5, 0.6) is 0 Å². The largest absolute Gasteiger partial charge is 0.478 e. The maximum atomic E-state index is 10.8. The van der Waals surface area contributed by atoms with Crippen LogP contribution in [0, 0.1) is 18.8 Å². The summed E-state index contributed by atoms with van der Waals surface area (Å²) >= 11 is 0. The standard InChI is InChI=1S/C12H17N3O2/c1-7-4-9(7)6-15(3)12-13-5-10(11(16)17)8(2)14-12/h5,7,9H,4,6H2,1-3H3,(H,16,17). The lowest BCUT2D eigenvalue weighted by Gasteiger charge is -2.17. The van der Waals surface area contributed by atoms with E-state index < -0.39 is 5.97 Å². The van der Waals surface area contributed by atoms with Gasteiger partial charge in [-0.1, -0.05) is 6.92 Å². The van der Waals surface area contributed by atoms with Crippen LogP contribution >= 0.6 is 0 Å². The van der Waals surface area contributed by atoms with Crippen LogP contribution < -0.4 is 4.90 Å². The van der Waals surface area contributed by atoms with Gasteiger partial charge in [-0.05, 0) is 25.2 Å². The predicted octanol–water partition coefficient (Wildman–Crippen LogP) is 1.58. The molecule has 0 radical (unpaired) electrons. The number of carboxylic acids is 1. The molecule has 1 aliphatic carbocycles. The zero-order chi connectivity index (χ0) is 12.6. The molecule has 0 aromatic carbocycles. The molecule has 0 spiro atoms. The zero-order valence-corrected chi connectivity index (χ0v) is 10.3. The minimum absolute atomic E-state index is 0.168. The summed E-state index contributed by atoms with van der Waals surface area (Å²) in [6, 6.07) is 0. The van der Waals surface area contributed by atoms with Crippen molar-refractivity contribution in [1.82, 2.24) is 9.97 Å². The second kappa shape index (κ2) is 4.31. The molecule has 2 rings (SSSR count). The van der Waals surface area contributed by atoms with Crippen molar-refractivity contribution in [3.05, 3.63) is 17.5 Å². The van der Waals surface area contributed by atoms with Crippen molar-refractivity contribution in [2.75, 3.05) is 18.5 Å². The number of hydrogen-bond donors (Lipinski definition) is 1. The molecule has 0 amide bonds. The van der Waals surface area contributed by atoms with E-state index in [1.54, 1.807) is 6.92 Å². The quantitative estimate of drug-likeness (QED) is 0.858. The molecule has 0 saturated heterocycles. The lowest BCUT2D eigenvalue weighted by Crippen LogP contribution is -2.23. The van der Waals surface area contributed by atoms with Crippen LogP contribution in [0.4, 0.5) is 5.95 Å². The van der Waals surface area contributed by atoms with E-state index in [9.17, 15) is 4.79 Å². The van der Waals surface area contributed by atoms with Crippen LogP contribution in [0.15, 0.2) is 6.20 Å². The predicted molar refractivity (Wildman–Crippen MR) is 64.3 cm³/mol. The van der Waals surface area contributed by atoms with Gasteiger partial charge in [0.25, 0.3) is 0 Å². The van der Waals surface area contributed by atoms with Crippen LogP contribution in [0.1, 0.15) is 29.4 Å². The van der Waals surface area contributed by atoms with E-state index >= 15 is 0 Å². The zero-order valence-electron chi connectivity index (χ0n) is 10.3. The Hall–Kier alpha value is -1.65. The Morgan fingerprint density at radius 1 is 1.65 bits per heavy atom. The normalized spacial score (nSPS) is 22.3. The van der Waals surface area contributed by atoms with Crippen LogP contribution in [0.25, 0.3) is 0 Å². The van der Waals surface area contributed by atoms with Gasteiger partial charge in [-0.3, -0.25) is 0 Å². The SMILES string of the molecule is Cc1nc(N(C)CC2CC2C)ncc1C(=O)O. The summed E-state index contributed by atoms with van der Waals surface area (Å²) in [4.78, 5) is 21.2. The van der Waals surface area contributed by atoms with Gasteiger partial charge in [0.2, 0.25) is 5.95 Å². The number of carboxylic acid groups (broad SMARTS) is 1. The number of aryl methyl sites for hydroxylation is 1. The molecule has 1 N–H and O–H groups in total. The number of hydrogen-bond acceptors (Lipinski definition) is 4. The molecule has 5 nitrogen and oxygen atoms in total. The summed E-state index contributed by atoms with van der Waals surface area (Å²) in [6.07, 6.45) is 2.64. The Balaban J connectivity index is 2.10. The van der Waals surface area contributed by atoms with Gasteiger partial charge in [-0.25, -0.2) is 14.8 Å². The Morgan fingerprint density at radius 2 is 2.29 bits per heavy atom. The number of aromatic carboxylic acids is 1. The van der Waals surface area contributed by atoms with Crippen molar-refractivity contribution in [2.45, 2.75) is 20.3 Å². The van der Waals surface area contributed by atoms with Crippen molar-refractivity contribution in [1.29, 1.82) is 0 Å². The van der Waals surface area contributed by atoms with Crippen molar-refractivity contribution in [3.8, 4) is 0 Å². The summed E-state index contributed by atoms with van der Waals surface area (Å²) in [6.45, 7) is 4.87. The second-order valence-electron chi connectivity index (χ2n) is 4.83. The van der Waals surface area contributed by atoms with Crippen LogP contribution in [0.3, 0.4) is 0 Å². The third kappa shape index (κ3) is 2.54. The fourth-order valence-electron chi connectivity index (χ4n) is 1.94. The molecule has 2 atom stereocenters. The highest BCUT2D eigenvalue weighted by Gasteiger charge is 2.33. The number of carbonyl (C=O) groups is 1. The first kappa shape index (κ1) is 11.8. The highest BCUT2D eigenvalue weighted by Crippen LogP contribution is 2.38. The lowest BCUT2D eigenvalue weighted by atomic mass is 10.2. The highest BCUT2D eigenvalue weighted by atomic mass is 16.4. The minimum Gasteiger partial charge on any atom is -0.478 e. The van der Waals surface area contributed by atoms with Crippen molar-refractivity contribution in [3.63, 3.8) is 0 Å². The Bertz CT molecular complexity index is 447. The number of rotatable bonds is 4. The Kier molecular flexibility index (Phi) is 3.00. The van der Waals surface area contributed by atoms with E-state index in [1.165, 1.54) is 12.6 Å². The van der Waals surface area contributed by atoms with Crippen molar-refractivity contribution < 1.29 is 9.90 Å². The second-order valence-corrected chi connectivity index (χ2v) is 4.83. The van der Waals surface area contributed by atoms with Crippen LogP contribution in [-0.2, 0) is 0 Å². The van der Waals surface area contributed by atoms with Gasteiger partial charge in [0.05, 0.1) is 11.3 Å². The first-order chi connectivity index (χ1) is 7.99. The molecule has 5 heteroatoms. The van der Waals surface area contributed by atoms with E-state index in [1.807, 2.05) is 11.9 Å². The summed E-state index contributed by atoms with van der Waals surface area (Å²) in [5, 5.41) is 8.89. The molecule has 1 aromatic rings. The smallest absolute Gasteiger partial charge is 0.339 e. The van der Waals surface area contributed by atoms with E-state index in [4.69, 9.17) is 5.11 Å². The molecule has 2 unspecified atom stereocenters. The minimum atomic E-state index is -0.979. The number of aromatic nitrogens is 2. The van der Waals surface area contributed by atoms with E-state index in [-0.39, 0.29) is 5.56 Å². The van der Waals surface area contributed by atoms with Crippen molar-refractivity contribution >= 4 is 11.9 Å². The number of nitrogens with zero attached hydrogens (tertiary/aromatic N) is 3. The fourth-order valence-corrected chi connectivity index (χ4v) is 1.94. The molecule has 1 aliphatic rings. The van der Waals surface area contributed by atoms with Crippen LogP contribution in [0.2, 0.25) is 0 Å². The van der Waals surface area contributed by atoms with Gasteiger partial charge >= 0.3 is 5.97 Å².